The molecule has 0 atom stereocenters. The highest BCUT2D eigenvalue weighted by atomic mass is 14.0. The molecule has 0 saturated heterocycles. The molecule has 0 aliphatic carbocycles. The molecule has 90 valence electrons. The molecule has 0 nitrogen and oxygen atoms in total. The molecule has 0 spiro atoms. The standard InChI is InChI=1S/C15H16.C2H6/c1-4-7-13-9-11-15(12-10-13)14(6-3)8-5-2;1-2/h5-6,8-12H,1-3H3;1-2H3/b8-5-,14-6+;. The first kappa shape index (κ1) is 15.3. The number of allylic oxidation sites excluding steroid dienone is 4. The van der Waals surface area contributed by atoms with E-state index < -0.39 is 0 Å². The lowest BCUT2D eigenvalue weighted by Crippen LogP contribution is -1.81. The van der Waals surface area contributed by atoms with Crippen LogP contribution < -0.4 is 0 Å². The molecule has 0 unspecified atom stereocenters. The minimum atomic E-state index is 1.07. The Morgan fingerprint density at radius 3 is 2.06 bits per heavy atom. The molecule has 0 amide bonds. The van der Waals surface area contributed by atoms with Gasteiger partial charge in [-0.1, -0.05) is 50.1 Å². The molecule has 0 aliphatic rings. The van der Waals surface area contributed by atoms with Crippen LogP contribution in [-0.4, -0.2) is 0 Å². The van der Waals surface area contributed by atoms with E-state index in [0.717, 1.165) is 5.56 Å². The van der Waals surface area contributed by atoms with Gasteiger partial charge in [0, 0.05) is 5.56 Å². The van der Waals surface area contributed by atoms with Crippen molar-refractivity contribution in [2.75, 3.05) is 0 Å². The summed E-state index contributed by atoms with van der Waals surface area (Å²) in [7, 11) is 0. The number of hydrogen-bond donors (Lipinski definition) is 0. The molecule has 1 rings (SSSR count). The molecule has 17 heavy (non-hydrogen) atoms. The average molecular weight is 226 g/mol. The monoisotopic (exact) mass is 226 g/mol. The van der Waals surface area contributed by atoms with Gasteiger partial charge in [-0.3, -0.25) is 0 Å². The third-order valence-corrected chi connectivity index (χ3v) is 2.14. The SMILES string of the molecule is CC.CC#Cc1ccc(C(/C=C\C)=C/C)cc1. The van der Waals surface area contributed by atoms with E-state index in [1.165, 1.54) is 11.1 Å². The van der Waals surface area contributed by atoms with Gasteiger partial charge in [-0.2, -0.15) is 0 Å². The van der Waals surface area contributed by atoms with Gasteiger partial charge in [0.25, 0.3) is 0 Å². The van der Waals surface area contributed by atoms with E-state index in [1.807, 2.05) is 27.7 Å². The molecular formula is C17H22. The van der Waals surface area contributed by atoms with Crippen molar-refractivity contribution in [3.63, 3.8) is 0 Å². The number of benzene rings is 1. The Morgan fingerprint density at radius 2 is 1.65 bits per heavy atom. The smallest absolute Gasteiger partial charge is 0.0245 e. The van der Waals surface area contributed by atoms with Crippen LogP contribution in [0.3, 0.4) is 0 Å². The van der Waals surface area contributed by atoms with Crippen LogP contribution in [0.25, 0.3) is 5.57 Å². The number of rotatable bonds is 2. The fourth-order valence-electron chi connectivity index (χ4n) is 1.43. The minimum absolute atomic E-state index is 1.07. The van der Waals surface area contributed by atoms with Gasteiger partial charge in [-0.05, 0) is 44.0 Å². The molecule has 0 aliphatic heterocycles. The van der Waals surface area contributed by atoms with E-state index in [1.54, 1.807) is 0 Å². The highest BCUT2D eigenvalue weighted by molar-refractivity contribution is 5.73. The Kier molecular flexibility index (Phi) is 8.51. The first-order valence-electron chi connectivity index (χ1n) is 6.14. The Hall–Kier alpha value is -1.74. The number of hydrogen-bond acceptors (Lipinski definition) is 0. The van der Waals surface area contributed by atoms with Gasteiger partial charge >= 0.3 is 0 Å². The van der Waals surface area contributed by atoms with Crippen molar-refractivity contribution in [2.45, 2.75) is 34.6 Å². The second kappa shape index (κ2) is 9.48. The van der Waals surface area contributed by atoms with Crippen molar-refractivity contribution in [3.05, 3.63) is 53.6 Å². The van der Waals surface area contributed by atoms with E-state index in [-0.39, 0.29) is 0 Å². The van der Waals surface area contributed by atoms with Gasteiger partial charge in [-0.15, -0.1) is 5.92 Å². The summed E-state index contributed by atoms with van der Waals surface area (Å²) < 4.78 is 0. The molecule has 0 heteroatoms. The maximum absolute atomic E-state index is 3.04. The van der Waals surface area contributed by atoms with Crippen molar-refractivity contribution in [3.8, 4) is 11.8 Å². The largest absolute Gasteiger partial charge is 0.101 e. The first-order chi connectivity index (χ1) is 8.31. The predicted molar refractivity (Wildman–Crippen MR) is 78.8 cm³/mol. The highest BCUT2D eigenvalue weighted by Crippen LogP contribution is 2.16. The minimum Gasteiger partial charge on any atom is -0.101 e. The summed E-state index contributed by atoms with van der Waals surface area (Å²) in [6.45, 7) is 9.93. The van der Waals surface area contributed by atoms with Crippen LogP contribution in [0.5, 0.6) is 0 Å². The summed E-state index contributed by atoms with van der Waals surface area (Å²) >= 11 is 0. The fraction of sp³-hybridized carbons (Fsp3) is 0.294. The fourth-order valence-corrected chi connectivity index (χ4v) is 1.43. The Morgan fingerprint density at radius 1 is 1.06 bits per heavy atom. The third kappa shape index (κ3) is 5.22. The predicted octanol–water partition coefficient (Wildman–Crippen LogP) is 5.06. The maximum atomic E-state index is 3.04. The van der Waals surface area contributed by atoms with Crippen LogP contribution in [0, 0.1) is 11.8 Å². The van der Waals surface area contributed by atoms with E-state index in [0.29, 0.717) is 0 Å². The van der Waals surface area contributed by atoms with Crippen LogP contribution in [-0.2, 0) is 0 Å². The third-order valence-electron chi connectivity index (χ3n) is 2.14. The van der Waals surface area contributed by atoms with E-state index >= 15 is 0 Å². The van der Waals surface area contributed by atoms with Gasteiger partial charge in [0.2, 0.25) is 0 Å². The summed E-state index contributed by atoms with van der Waals surface area (Å²) in [4.78, 5) is 0. The van der Waals surface area contributed by atoms with Crippen molar-refractivity contribution >= 4 is 5.57 Å². The van der Waals surface area contributed by atoms with Gasteiger partial charge in [0.05, 0.1) is 0 Å². The molecule has 0 fully saturated rings. The van der Waals surface area contributed by atoms with Crippen molar-refractivity contribution in [2.24, 2.45) is 0 Å². The highest BCUT2D eigenvalue weighted by Gasteiger charge is 1.95. The maximum Gasteiger partial charge on any atom is 0.0245 e. The first-order valence-corrected chi connectivity index (χ1v) is 6.14. The zero-order chi connectivity index (χ0) is 13.1. The molecule has 0 aromatic heterocycles. The zero-order valence-electron chi connectivity index (χ0n) is 11.5. The quantitative estimate of drug-likeness (QED) is 0.488. The average Bonchev–Trinajstić information content (AvgIpc) is 2.40. The second-order valence-corrected chi connectivity index (χ2v) is 3.20. The molecule has 0 bridgehead atoms. The lowest BCUT2D eigenvalue weighted by molar-refractivity contribution is 1.50. The molecule has 0 N–H and O–H groups in total. The Bertz CT molecular complexity index is 419. The topological polar surface area (TPSA) is 0 Å². The lowest BCUT2D eigenvalue weighted by atomic mass is 10.0. The molecule has 1 aromatic rings. The summed E-state index contributed by atoms with van der Waals surface area (Å²) in [5, 5.41) is 0. The summed E-state index contributed by atoms with van der Waals surface area (Å²) in [5.41, 5.74) is 3.54. The molecule has 0 saturated carbocycles. The lowest BCUT2D eigenvalue weighted by Gasteiger charge is -2.01. The van der Waals surface area contributed by atoms with Gasteiger partial charge in [0.15, 0.2) is 0 Å². The summed E-state index contributed by atoms with van der Waals surface area (Å²) in [6.07, 6.45) is 6.27. The van der Waals surface area contributed by atoms with Gasteiger partial charge < -0.3 is 0 Å². The molecule has 0 radical (unpaired) electrons. The van der Waals surface area contributed by atoms with E-state index in [9.17, 15) is 0 Å². The van der Waals surface area contributed by atoms with Crippen molar-refractivity contribution in [1.29, 1.82) is 0 Å². The van der Waals surface area contributed by atoms with Gasteiger partial charge in [0.1, 0.15) is 0 Å². The summed E-state index contributed by atoms with van der Waals surface area (Å²) in [6, 6.07) is 8.32. The van der Waals surface area contributed by atoms with Crippen LogP contribution in [0.15, 0.2) is 42.5 Å². The Labute approximate surface area is 106 Å². The van der Waals surface area contributed by atoms with Crippen LogP contribution in [0.1, 0.15) is 45.7 Å². The van der Waals surface area contributed by atoms with Crippen LogP contribution in [0.4, 0.5) is 0 Å². The Balaban J connectivity index is 0.00000121. The van der Waals surface area contributed by atoms with Crippen molar-refractivity contribution < 1.29 is 0 Å². The zero-order valence-corrected chi connectivity index (χ0v) is 11.5. The van der Waals surface area contributed by atoms with Crippen LogP contribution in [0.2, 0.25) is 0 Å². The van der Waals surface area contributed by atoms with Crippen molar-refractivity contribution in [1.82, 2.24) is 0 Å². The normalized spacial score (nSPS) is 10.3. The van der Waals surface area contributed by atoms with Crippen LogP contribution >= 0.6 is 0 Å². The van der Waals surface area contributed by atoms with E-state index in [4.69, 9.17) is 0 Å². The molecule has 0 heterocycles. The second-order valence-electron chi connectivity index (χ2n) is 3.20. The van der Waals surface area contributed by atoms with E-state index in [2.05, 4.69) is 61.3 Å². The summed E-state index contributed by atoms with van der Waals surface area (Å²) in [5.74, 6) is 5.93. The molecule has 1 aromatic carbocycles. The van der Waals surface area contributed by atoms with Gasteiger partial charge in [-0.25, -0.2) is 0 Å². The molecular weight excluding hydrogens is 204 g/mol.